The molecule has 0 aliphatic heterocycles. The molecule has 0 spiro atoms. The van der Waals surface area contributed by atoms with Gasteiger partial charge in [-0.2, -0.15) is 0 Å². The van der Waals surface area contributed by atoms with E-state index in [1.165, 1.54) is 21.1 Å². The number of Topliss-reactive ketones (excluding diaryl/α,β-unsaturated/α-hetero) is 1. The molecule has 1 rings (SSSR count). The maximum Gasteiger partial charge on any atom is 0.328 e. The van der Waals surface area contributed by atoms with E-state index in [1.54, 1.807) is 0 Å². The van der Waals surface area contributed by atoms with E-state index in [1.807, 2.05) is 0 Å². The van der Waals surface area contributed by atoms with E-state index in [9.17, 15) is 14.4 Å². The molecule has 76 valence electrons. The van der Waals surface area contributed by atoms with Crippen LogP contribution in [0, 0.1) is 0 Å². The van der Waals surface area contributed by atoms with Crippen LogP contribution in [0.3, 0.4) is 0 Å². The Morgan fingerprint density at radius 3 is 2.43 bits per heavy atom. The highest BCUT2D eigenvalue weighted by Crippen LogP contribution is 2.07. The third-order valence-electron chi connectivity index (χ3n) is 1.82. The van der Waals surface area contributed by atoms with Crippen molar-refractivity contribution in [2.24, 2.45) is 7.05 Å². The van der Waals surface area contributed by atoms with Gasteiger partial charge in [-0.25, -0.2) is 4.79 Å². The van der Waals surface area contributed by atoms with Crippen LogP contribution >= 0.6 is 0 Å². The van der Waals surface area contributed by atoms with E-state index in [4.69, 9.17) is 4.74 Å². The number of hydrogen-bond donors (Lipinski definition) is 1. The van der Waals surface area contributed by atoms with Gasteiger partial charge in [0.25, 0.3) is 5.56 Å². The summed E-state index contributed by atoms with van der Waals surface area (Å²) >= 11 is 0. The van der Waals surface area contributed by atoms with Gasteiger partial charge < -0.3 is 9.72 Å². The fraction of sp³-hybridized carbons (Fsp3) is 0.375. The number of aromatic nitrogens is 2. The zero-order valence-corrected chi connectivity index (χ0v) is 8.08. The highest BCUT2D eigenvalue weighted by atomic mass is 16.5. The predicted molar refractivity (Wildman–Crippen MR) is 48.9 cm³/mol. The summed E-state index contributed by atoms with van der Waals surface area (Å²) in [6.45, 7) is 1.24. The average molecular weight is 198 g/mol. The van der Waals surface area contributed by atoms with Gasteiger partial charge in [-0.05, 0) is 0 Å². The number of carbonyl (C=O) groups is 1. The van der Waals surface area contributed by atoms with Gasteiger partial charge in [0.1, 0.15) is 5.69 Å². The summed E-state index contributed by atoms with van der Waals surface area (Å²) in [5.74, 6) is -0.559. The fourth-order valence-corrected chi connectivity index (χ4v) is 1.04. The molecule has 0 saturated carbocycles. The second kappa shape index (κ2) is 3.49. The molecule has 6 nitrogen and oxygen atoms in total. The van der Waals surface area contributed by atoms with Crippen LogP contribution in [0.2, 0.25) is 0 Å². The minimum absolute atomic E-state index is 0.0967. The van der Waals surface area contributed by atoms with Crippen LogP contribution in [0.15, 0.2) is 9.59 Å². The monoisotopic (exact) mass is 198 g/mol. The summed E-state index contributed by atoms with van der Waals surface area (Å²) in [6.07, 6.45) is 0. The number of ketones is 1. The van der Waals surface area contributed by atoms with Gasteiger partial charge in [-0.3, -0.25) is 14.2 Å². The van der Waals surface area contributed by atoms with Crippen molar-refractivity contribution in [1.82, 2.24) is 9.55 Å². The van der Waals surface area contributed by atoms with Crippen molar-refractivity contribution in [2.45, 2.75) is 6.92 Å². The first-order valence-corrected chi connectivity index (χ1v) is 3.87. The van der Waals surface area contributed by atoms with Gasteiger partial charge >= 0.3 is 5.69 Å². The molecule has 0 atom stereocenters. The zero-order valence-electron chi connectivity index (χ0n) is 8.08. The number of H-pyrrole nitrogens is 1. The topological polar surface area (TPSA) is 81.2 Å². The molecule has 0 aliphatic carbocycles. The lowest BCUT2D eigenvalue weighted by Crippen LogP contribution is -2.35. The minimum atomic E-state index is -0.638. The number of ether oxygens (including phenoxy) is 1. The van der Waals surface area contributed by atoms with Crippen molar-refractivity contribution in [3.05, 3.63) is 26.5 Å². The minimum Gasteiger partial charge on any atom is -0.490 e. The number of carbonyl (C=O) groups excluding carboxylic acids is 1. The van der Waals surface area contributed by atoms with Crippen molar-refractivity contribution in [1.29, 1.82) is 0 Å². The maximum atomic E-state index is 11.4. The fourth-order valence-electron chi connectivity index (χ4n) is 1.04. The molecule has 0 radical (unpaired) electrons. The lowest BCUT2D eigenvalue weighted by Gasteiger charge is -2.05. The van der Waals surface area contributed by atoms with Gasteiger partial charge in [0.15, 0.2) is 5.78 Å². The highest BCUT2D eigenvalue weighted by molar-refractivity contribution is 5.94. The van der Waals surface area contributed by atoms with E-state index in [2.05, 4.69) is 4.98 Å². The van der Waals surface area contributed by atoms with E-state index < -0.39 is 17.0 Å². The van der Waals surface area contributed by atoms with Crippen molar-refractivity contribution >= 4 is 5.78 Å². The summed E-state index contributed by atoms with van der Waals surface area (Å²) in [6, 6.07) is 0. The largest absolute Gasteiger partial charge is 0.490 e. The molecular formula is C8H10N2O4. The van der Waals surface area contributed by atoms with Crippen LogP contribution in [0.25, 0.3) is 0 Å². The number of nitrogens with one attached hydrogen (secondary N) is 1. The van der Waals surface area contributed by atoms with E-state index in [0.717, 1.165) is 4.57 Å². The molecule has 1 aromatic rings. The Morgan fingerprint density at radius 1 is 1.43 bits per heavy atom. The quantitative estimate of drug-likeness (QED) is 0.636. The Bertz CT molecular complexity index is 483. The molecular weight excluding hydrogens is 188 g/mol. The van der Waals surface area contributed by atoms with Crippen molar-refractivity contribution in [3.8, 4) is 5.75 Å². The molecule has 0 bridgehead atoms. The van der Waals surface area contributed by atoms with Crippen molar-refractivity contribution in [3.63, 3.8) is 0 Å². The molecule has 14 heavy (non-hydrogen) atoms. The molecule has 1 heterocycles. The number of hydrogen-bond acceptors (Lipinski definition) is 4. The lowest BCUT2D eigenvalue weighted by atomic mass is 10.3. The lowest BCUT2D eigenvalue weighted by molar-refractivity contribution is 0.100. The summed E-state index contributed by atoms with van der Waals surface area (Å²) in [7, 11) is 2.56. The summed E-state index contributed by atoms with van der Waals surface area (Å²) < 4.78 is 5.59. The number of methoxy groups -OCH3 is 1. The summed E-state index contributed by atoms with van der Waals surface area (Å²) in [5.41, 5.74) is -1.36. The van der Waals surface area contributed by atoms with Crippen LogP contribution in [0.1, 0.15) is 17.4 Å². The molecule has 6 heteroatoms. The summed E-state index contributed by atoms with van der Waals surface area (Å²) in [4.78, 5) is 35.9. The molecule has 0 fully saturated rings. The standard InChI is InChI=1S/C8H10N2O4/c1-4(11)5-6(14-3)7(12)10(2)8(13)9-5/h1-3H3,(H,9,13). The van der Waals surface area contributed by atoms with Crippen LogP contribution < -0.4 is 16.0 Å². The number of rotatable bonds is 2. The molecule has 1 N–H and O–H groups in total. The number of nitrogens with zero attached hydrogens (tertiary/aromatic N) is 1. The van der Waals surface area contributed by atoms with E-state index in [-0.39, 0.29) is 11.4 Å². The second-order valence-corrected chi connectivity index (χ2v) is 2.76. The normalized spacial score (nSPS) is 9.93. The Labute approximate surface area is 79.1 Å². The van der Waals surface area contributed by atoms with Gasteiger partial charge in [0, 0.05) is 14.0 Å². The predicted octanol–water partition coefficient (Wildman–Crippen LogP) is -0.715. The third kappa shape index (κ3) is 1.46. The van der Waals surface area contributed by atoms with Gasteiger partial charge in [-0.1, -0.05) is 0 Å². The van der Waals surface area contributed by atoms with Gasteiger partial charge in [0.05, 0.1) is 7.11 Å². The molecule has 0 aromatic carbocycles. The van der Waals surface area contributed by atoms with E-state index >= 15 is 0 Å². The van der Waals surface area contributed by atoms with Gasteiger partial charge in [0.2, 0.25) is 5.75 Å². The first kappa shape index (κ1) is 10.2. The first-order chi connectivity index (χ1) is 6.49. The van der Waals surface area contributed by atoms with E-state index in [0.29, 0.717) is 0 Å². The third-order valence-corrected chi connectivity index (χ3v) is 1.82. The van der Waals surface area contributed by atoms with Crippen LogP contribution in [0.4, 0.5) is 0 Å². The SMILES string of the molecule is COc1c(C(C)=O)[nH]c(=O)n(C)c1=O. The first-order valence-electron chi connectivity index (χ1n) is 3.87. The Hall–Kier alpha value is -1.85. The second-order valence-electron chi connectivity index (χ2n) is 2.76. The molecule has 1 aromatic heterocycles. The Morgan fingerprint density at radius 2 is 2.00 bits per heavy atom. The molecule has 0 unspecified atom stereocenters. The van der Waals surface area contributed by atoms with Gasteiger partial charge in [-0.15, -0.1) is 0 Å². The Balaban J connectivity index is 3.69. The van der Waals surface area contributed by atoms with Crippen molar-refractivity contribution in [2.75, 3.05) is 7.11 Å². The number of aromatic amines is 1. The molecule has 0 saturated heterocycles. The highest BCUT2D eigenvalue weighted by Gasteiger charge is 2.15. The average Bonchev–Trinajstić information content (AvgIpc) is 2.13. The van der Waals surface area contributed by atoms with Crippen molar-refractivity contribution < 1.29 is 9.53 Å². The molecule has 0 aliphatic rings. The Kier molecular flexibility index (Phi) is 2.55. The molecule has 0 amide bonds. The maximum absolute atomic E-state index is 11.4. The summed E-state index contributed by atoms with van der Waals surface area (Å²) in [5, 5.41) is 0. The zero-order chi connectivity index (χ0) is 10.9. The van der Waals surface area contributed by atoms with Crippen LogP contribution in [0.5, 0.6) is 5.75 Å². The van der Waals surface area contributed by atoms with Crippen LogP contribution in [-0.4, -0.2) is 22.4 Å². The smallest absolute Gasteiger partial charge is 0.328 e. The van der Waals surface area contributed by atoms with Crippen LogP contribution in [-0.2, 0) is 7.05 Å².